The minimum Gasteiger partial charge on any atom is -0.396 e. The number of nitrogens with one attached hydrogen (secondary N) is 1. The van der Waals surface area contributed by atoms with Crippen LogP contribution in [0.4, 0.5) is 0 Å². The summed E-state index contributed by atoms with van der Waals surface area (Å²) in [5.74, 6) is 0. The fraction of sp³-hybridized carbons (Fsp3) is 0.429. The Balaban J connectivity index is 2.26. The Hall–Kier alpha value is -1.12. The molecule has 0 fully saturated rings. The summed E-state index contributed by atoms with van der Waals surface area (Å²) in [4.78, 5) is 0. The van der Waals surface area contributed by atoms with Crippen LogP contribution in [0.5, 0.6) is 0 Å². The van der Waals surface area contributed by atoms with Crippen molar-refractivity contribution in [2.75, 3.05) is 13.2 Å². The number of benzene rings is 1. The van der Waals surface area contributed by atoms with Gasteiger partial charge in [-0.1, -0.05) is 49.4 Å². The highest BCUT2D eigenvalue weighted by Gasteiger charge is 2.01. The minimum absolute atomic E-state index is 0.258. The molecule has 1 aromatic rings. The fourth-order valence-corrected chi connectivity index (χ4v) is 1.60. The predicted molar refractivity (Wildman–Crippen MR) is 69.3 cm³/mol. The van der Waals surface area contributed by atoms with Gasteiger partial charge in [0.1, 0.15) is 0 Å². The molecule has 0 spiro atoms. The number of rotatable bonds is 7. The Morgan fingerprint density at radius 3 is 2.69 bits per heavy atom. The monoisotopic (exact) mass is 219 g/mol. The number of aliphatic hydroxyl groups is 1. The summed E-state index contributed by atoms with van der Waals surface area (Å²) in [6.45, 7) is 3.25. The quantitative estimate of drug-likeness (QED) is 0.738. The van der Waals surface area contributed by atoms with E-state index in [1.54, 1.807) is 0 Å². The van der Waals surface area contributed by atoms with Gasteiger partial charge in [-0.2, -0.15) is 0 Å². The van der Waals surface area contributed by atoms with Crippen LogP contribution in [0.1, 0.15) is 25.3 Å². The number of hydrogen-bond donors (Lipinski definition) is 2. The van der Waals surface area contributed by atoms with Crippen molar-refractivity contribution in [1.82, 2.24) is 5.32 Å². The summed E-state index contributed by atoms with van der Waals surface area (Å²) >= 11 is 0. The fourth-order valence-electron chi connectivity index (χ4n) is 1.60. The lowest BCUT2D eigenvalue weighted by molar-refractivity contribution is 0.264. The first-order valence-electron chi connectivity index (χ1n) is 5.92. The molecule has 2 N–H and O–H groups in total. The molecule has 0 heterocycles. The molecule has 0 bridgehead atoms. The van der Waals surface area contributed by atoms with Crippen molar-refractivity contribution in [3.63, 3.8) is 0 Å². The average molecular weight is 219 g/mol. The summed E-state index contributed by atoms with van der Waals surface area (Å²) in [5, 5.41) is 12.2. The second-order valence-corrected chi connectivity index (χ2v) is 3.84. The van der Waals surface area contributed by atoms with Crippen LogP contribution in [0.3, 0.4) is 0 Å². The van der Waals surface area contributed by atoms with Crippen LogP contribution in [0.2, 0.25) is 0 Å². The van der Waals surface area contributed by atoms with Crippen LogP contribution in [0, 0.1) is 0 Å². The van der Waals surface area contributed by atoms with Gasteiger partial charge in [0.25, 0.3) is 0 Å². The molecular weight excluding hydrogens is 198 g/mol. The maximum Gasteiger partial charge on any atom is 0.0445 e. The molecular formula is C14H21NO. The molecule has 0 aliphatic heterocycles. The Labute approximate surface area is 98.0 Å². The molecule has 1 aromatic carbocycles. The highest BCUT2D eigenvalue weighted by Crippen LogP contribution is 2.01. The average Bonchev–Trinajstić information content (AvgIpc) is 2.34. The summed E-state index contributed by atoms with van der Waals surface area (Å²) in [6, 6.07) is 10.7. The molecule has 0 aliphatic rings. The molecule has 88 valence electrons. The van der Waals surface area contributed by atoms with E-state index >= 15 is 0 Å². The summed E-state index contributed by atoms with van der Waals surface area (Å²) in [6.07, 6.45) is 6.11. The molecule has 2 nitrogen and oxygen atoms in total. The second kappa shape index (κ2) is 8.08. The third kappa shape index (κ3) is 5.10. The standard InChI is InChI=1S/C14H21NO/c1-2-14(10-12-16)15-11-6-9-13-7-4-3-5-8-13/h3-9,14-16H,2,10-12H2,1H3/b9-6+. The van der Waals surface area contributed by atoms with Crippen LogP contribution in [0.25, 0.3) is 6.08 Å². The van der Waals surface area contributed by atoms with Crippen molar-refractivity contribution >= 4 is 6.08 Å². The van der Waals surface area contributed by atoms with Gasteiger partial charge in [-0.3, -0.25) is 0 Å². The smallest absolute Gasteiger partial charge is 0.0445 e. The normalized spacial score (nSPS) is 13.1. The van der Waals surface area contributed by atoms with Gasteiger partial charge in [-0.25, -0.2) is 0 Å². The van der Waals surface area contributed by atoms with E-state index in [9.17, 15) is 0 Å². The highest BCUT2D eigenvalue weighted by atomic mass is 16.3. The van der Waals surface area contributed by atoms with E-state index in [1.807, 2.05) is 18.2 Å². The van der Waals surface area contributed by atoms with Gasteiger partial charge in [0.2, 0.25) is 0 Å². The largest absolute Gasteiger partial charge is 0.396 e. The first-order chi connectivity index (χ1) is 7.86. The maximum absolute atomic E-state index is 8.84. The van der Waals surface area contributed by atoms with E-state index in [0.29, 0.717) is 6.04 Å². The SMILES string of the molecule is CCC(CCO)NC/C=C/c1ccccc1. The first-order valence-corrected chi connectivity index (χ1v) is 5.92. The molecule has 0 aromatic heterocycles. The summed E-state index contributed by atoms with van der Waals surface area (Å²) < 4.78 is 0. The second-order valence-electron chi connectivity index (χ2n) is 3.84. The van der Waals surface area contributed by atoms with Crippen LogP contribution in [0.15, 0.2) is 36.4 Å². The zero-order chi connectivity index (χ0) is 11.6. The Morgan fingerprint density at radius 1 is 1.31 bits per heavy atom. The van der Waals surface area contributed by atoms with Crippen LogP contribution in [-0.2, 0) is 0 Å². The zero-order valence-electron chi connectivity index (χ0n) is 9.89. The van der Waals surface area contributed by atoms with E-state index < -0.39 is 0 Å². The Bertz CT molecular complexity index is 295. The molecule has 1 rings (SSSR count). The molecule has 1 unspecified atom stereocenters. The van der Waals surface area contributed by atoms with Gasteiger partial charge in [0.05, 0.1) is 0 Å². The Morgan fingerprint density at radius 2 is 2.06 bits per heavy atom. The zero-order valence-corrected chi connectivity index (χ0v) is 9.89. The summed E-state index contributed by atoms with van der Waals surface area (Å²) in [7, 11) is 0. The molecule has 1 atom stereocenters. The van der Waals surface area contributed by atoms with Crippen molar-refractivity contribution < 1.29 is 5.11 Å². The number of aliphatic hydroxyl groups excluding tert-OH is 1. The maximum atomic E-state index is 8.84. The van der Waals surface area contributed by atoms with E-state index in [0.717, 1.165) is 19.4 Å². The first kappa shape index (κ1) is 12.9. The van der Waals surface area contributed by atoms with Gasteiger partial charge in [-0.15, -0.1) is 0 Å². The van der Waals surface area contributed by atoms with Crippen LogP contribution < -0.4 is 5.32 Å². The molecule has 0 aliphatic carbocycles. The molecule has 2 heteroatoms. The van der Waals surface area contributed by atoms with Crippen molar-refractivity contribution in [1.29, 1.82) is 0 Å². The third-order valence-corrected chi connectivity index (χ3v) is 2.60. The van der Waals surface area contributed by atoms with Gasteiger partial charge < -0.3 is 10.4 Å². The lowest BCUT2D eigenvalue weighted by atomic mass is 10.1. The van der Waals surface area contributed by atoms with Crippen molar-refractivity contribution in [2.24, 2.45) is 0 Å². The van der Waals surface area contributed by atoms with Gasteiger partial charge >= 0.3 is 0 Å². The lowest BCUT2D eigenvalue weighted by Crippen LogP contribution is -2.29. The van der Waals surface area contributed by atoms with Crippen LogP contribution >= 0.6 is 0 Å². The highest BCUT2D eigenvalue weighted by molar-refractivity contribution is 5.48. The molecule has 0 saturated heterocycles. The van der Waals surface area contributed by atoms with E-state index in [2.05, 4.69) is 36.5 Å². The lowest BCUT2D eigenvalue weighted by Gasteiger charge is -2.13. The molecule has 0 radical (unpaired) electrons. The van der Waals surface area contributed by atoms with Gasteiger partial charge in [0.15, 0.2) is 0 Å². The van der Waals surface area contributed by atoms with Gasteiger partial charge in [-0.05, 0) is 18.4 Å². The van der Waals surface area contributed by atoms with Crippen molar-refractivity contribution in [3.05, 3.63) is 42.0 Å². The van der Waals surface area contributed by atoms with E-state index in [1.165, 1.54) is 5.56 Å². The molecule has 0 amide bonds. The van der Waals surface area contributed by atoms with E-state index in [-0.39, 0.29) is 6.61 Å². The van der Waals surface area contributed by atoms with Gasteiger partial charge in [0, 0.05) is 19.2 Å². The minimum atomic E-state index is 0.258. The number of hydrogen-bond acceptors (Lipinski definition) is 2. The molecule has 16 heavy (non-hydrogen) atoms. The van der Waals surface area contributed by atoms with Crippen molar-refractivity contribution in [2.45, 2.75) is 25.8 Å². The topological polar surface area (TPSA) is 32.3 Å². The summed E-state index contributed by atoms with van der Waals surface area (Å²) in [5.41, 5.74) is 1.22. The van der Waals surface area contributed by atoms with Crippen molar-refractivity contribution in [3.8, 4) is 0 Å². The predicted octanol–water partition coefficient (Wildman–Crippen LogP) is 2.45. The molecule has 0 saturated carbocycles. The van der Waals surface area contributed by atoms with E-state index in [4.69, 9.17) is 5.11 Å². The van der Waals surface area contributed by atoms with Crippen LogP contribution in [-0.4, -0.2) is 24.3 Å². The third-order valence-electron chi connectivity index (χ3n) is 2.60. The Kier molecular flexibility index (Phi) is 6.54.